The highest BCUT2D eigenvalue weighted by Crippen LogP contribution is 2.39. The van der Waals surface area contributed by atoms with Gasteiger partial charge in [0.15, 0.2) is 0 Å². The second kappa shape index (κ2) is 5.85. The van der Waals surface area contributed by atoms with Gasteiger partial charge in [0, 0.05) is 13.1 Å². The summed E-state index contributed by atoms with van der Waals surface area (Å²) in [7, 11) is 2.68. The van der Waals surface area contributed by atoms with Crippen LogP contribution in [0.1, 0.15) is 0 Å². The van der Waals surface area contributed by atoms with E-state index in [9.17, 15) is 18.0 Å². The molecule has 10 heteroatoms. The van der Waals surface area contributed by atoms with E-state index in [0.29, 0.717) is 0 Å². The third-order valence-electron chi connectivity index (χ3n) is 3.43. The number of carboxylic acid groups (broad SMARTS) is 1. The molecule has 0 amide bonds. The second-order valence-electron chi connectivity index (χ2n) is 4.75. The van der Waals surface area contributed by atoms with E-state index in [-0.39, 0.29) is 24.3 Å². The Labute approximate surface area is 123 Å². The number of anilines is 1. The monoisotopic (exact) mass is 321 g/mol. The van der Waals surface area contributed by atoms with E-state index in [0.717, 1.165) is 0 Å². The molecule has 0 aromatic carbocycles. The summed E-state index contributed by atoms with van der Waals surface area (Å²) in [5.41, 5.74) is 0. The molecule has 2 atom stereocenters. The Hall–Kier alpha value is -2.26. The molecule has 1 aliphatic heterocycles. The van der Waals surface area contributed by atoms with Gasteiger partial charge in [-0.05, 0) is 0 Å². The standard InChI is InChI=1S/C12H14F3N3O4/c1-21-8-3-9(22-2)17-11(16-8)18-4-6(10(19)20)7(5-18)12(13,14)15/h3,6-7H,4-5H2,1-2H3,(H,19,20)/t6-,7-/m1/s1. The number of carbonyl (C=O) groups is 1. The van der Waals surface area contributed by atoms with Crippen molar-refractivity contribution in [3.05, 3.63) is 6.07 Å². The summed E-state index contributed by atoms with van der Waals surface area (Å²) in [4.78, 5) is 20.1. The molecule has 1 N–H and O–H groups in total. The summed E-state index contributed by atoms with van der Waals surface area (Å²) >= 11 is 0. The Morgan fingerprint density at radius 2 is 1.82 bits per heavy atom. The molecule has 1 saturated heterocycles. The maximum Gasteiger partial charge on any atom is 0.394 e. The van der Waals surface area contributed by atoms with Crippen molar-refractivity contribution in [3.63, 3.8) is 0 Å². The fourth-order valence-electron chi connectivity index (χ4n) is 2.29. The topological polar surface area (TPSA) is 84.8 Å². The third kappa shape index (κ3) is 3.15. The van der Waals surface area contributed by atoms with Gasteiger partial charge in [-0.25, -0.2) is 0 Å². The van der Waals surface area contributed by atoms with E-state index < -0.39 is 30.5 Å². The van der Waals surface area contributed by atoms with E-state index >= 15 is 0 Å². The number of hydrogen-bond acceptors (Lipinski definition) is 6. The SMILES string of the molecule is COc1cc(OC)nc(N2C[C@@H](C(F)(F)F)[C@H](C(=O)O)C2)n1. The maximum atomic E-state index is 13.0. The van der Waals surface area contributed by atoms with Gasteiger partial charge in [-0.2, -0.15) is 23.1 Å². The lowest BCUT2D eigenvalue weighted by atomic mass is 9.96. The molecule has 2 rings (SSSR count). The summed E-state index contributed by atoms with van der Waals surface area (Å²) in [6.45, 7) is -0.868. The van der Waals surface area contributed by atoms with Gasteiger partial charge in [0.05, 0.1) is 32.1 Å². The highest BCUT2D eigenvalue weighted by molar-refractivity contribution is 5.72. The number of nitrogens with zero attached hydrogens (tertiary/aromatic N) is 3. The van der Waals surface area contributed by atoms with Crippen LogP contribution in [0.3, 0.4) is 0 Å². The maximum absolute atomic E-state index is 13.0. The van der Waals surface area contributed by atoms with Crippen LogP contribution in [0.15, 0.2) is 6.07 Å². The number of ether oxygens (including phenoxy) is 2. The molecule has 1 fully saturated rings. The third-order valence-corrected chi connectivity index (χ3v) is 3.43. The van der Waals surface area contributed by atoms with Crippen LogP contribution in [0.4, 0.5) is 19.1 Å². The lowest BCUT2D eigenvalue weighted by molar-refractivity contribution is -0.187. The zero-order valence-corrected chi connectivity index (χ0v) is 11.8. The van der Waals surface area contributed by atoms with Crippen molar-refractivity contribution in [1.82, 2.24) is 9.97 Å². The number of methoxy groups -OCH3 is 2. The molecule has 0 unspecified atom stereocenters. The second-order valence-corrected chi connectivity index (χ2v) is 4.75. The van der Waals surface area contributed by atoms with E-state index in [4.69, 9.17) is 14.6 Å². The summed E-state index contributed by atoms with van der Waals surface area (Å²) in [6, 6.07) is 1.37. The van der Waals surface area contributed by atoms with Crippen LogP contribution in [0.5, 0.6) is 11.8 Å². The number of aliphatic carboxylic acids is 1. The lowest BCUT2D eigenvalue weighted by Gasteiger charge is -2.18. The minimum Gasteiger partial charge on any atom is -0.481 e. The quantitative estimate of drug-likeness (QED) is 0.891. The van der Waals surface area contributed by atoms with Crippen LogP contribution in [0, 0.1) is 11.8 Å². The van der Waals surface area contributed by atoms with Crippen molar-refractivity contribution in [3.8, 4) is 11.8 Å². The number of aromatic nitrogens is 2. The van der Waals surface area contributed by atoms with Gasteiger partial charge in [-0.1, -0.05) is 0 Å². The molecule has 7 nitrogen and oxygen atoms in total. The molecule has 0 aliphatic carbocycles. The summed E-state index contributed by atoms with van der Waals surface area (Å²) in [6.07, 6.45) is -4.61. The van der Waals surface area contributed by atoms with Crippen molar-refractivity contribution in [2.24, 2.45) is 11.8 Å². The number of hydrogen-bond donors (Lipinski definition) is 1. The summed E-state index contributed by atoms with van der Waals surface area (Å²) in [5.74, 6) is -4.88. The van der Waals surface area contributed by atoms with Gasteiger partial charge < -0.3 is 19.5 Å². The summed E-state index contributed by atoms with van der Waals surface area (Å²) < 4.78 is 48.8. The van der Waals surface area contributed by atoms with Gasteiger partial charge in [-0.3, -0.25) is 4.79 Å². The van der Waals surface area contributed by atoms with Crippen LogP contribution >= 0.6 is 0 Å². The van der Waals surface area contributed by atoms with Crippen LogP contribution in [-0.4, -0.2) is 54.5 Å². The Bertz CT molecular complexity index is 545. The lowest BCUT2D eigenvalue weighted by Crippen LogP contribution is -2.33. The van der Waals surface area contributed by atoms with E-state index in [1.54, 1.807) is 0 Å². The average molecular weight is 321 g/mol. The fourth-order valence-corrected chi connectivity index (χ4v) is 2.29. The largest absolute Gasteiger partial charge is 0.481 e. The van der Waals surface area contributed by atoms with Crippen molar-refractivity contribution >= 4 is 11.9 Å². The van der Waals surface area contributed by atoms with E-state index in [2.05, 4.69) is 9.97 Å². The number of halogens is 3. The molecule has 0 saturated carbocycles. The van der Waals surface area contributed by atoms with Crippen molar-refractivity contribution in [2.75, 3.05) is 32.2 Å². The highest BCUT2D eigenvalue weighted by Gasteiger charge is 2.53. The van der Waals surface area contributed by atoms with Gasteiger partial charge in [0.25, 0.3) is 0 Å². The molecule has 2 heterocycles. The van der Waals surface area contributed by atoms with Crippen LogP contribution in [0.2, 0.25) is 0 Å². The number of alkyl halides is 3. The van der Waals surface area contributed by atoms with Crippen LogP contribution in [-0.2, 0) is 4.79 Å². The fraction of sp³-hybridized carbons (Fsp3) is 0.583. The van der Waals surface area contributed by atoms with Gasteiger partial charge in [0.1, 0.15) is 0 Å². The minimum absolute atomic E-state index is 0.0609. The van der Waals surface area contributed by atoms with Gasteiger partial charge >= 0.3 is 12.1 Å². The normalized spacial score (nSPS) is 21.8. The van der Waals surface area contributed by atoms with Gasteiger partial charge in [0.2, 0.25) is 17.7 Å². The van der Waals surface area contributed by atoms with Crippen LogP contribution < -0.4 is 14.4 Å². The molecule has 1 aromatic heterocycles. The molecule has 22 heavy (non-hydrogen) atoms. The average Bonchev–Trinajstić information content (AvgIpc) is 2.92. The van der Waals surface area contributed by atoms with Gasteiger partial charge in [-0.15, -0.1) is 0 Å². The first-order valence-corrected chi connectivity index (χ1v) is 6.27. The van der Waals surface area contributed by atoms with E-state index in [1.807, 2.05) is 0 Å². The minimum atomic E-state index is -4.61. The predicted molar refractivity (Wildman–Crippen MR) is 68.0 cm³/mol. The molecular formula is C12H14F3N3O4. The molecule has 0 radical (unpaired) electrons. The predicted octanol–water partition coefficient (Wildman–Crippen LogP) is 1.19. The van der Waals surface area contributed by atoms with E-state index in [1.165, 1.54) is 25.2 Å². The summed E-state index contributed by atoms with van der Waals surface area (Å²) in [5, 5.41) is 9.00. The number of rotatable bonds is 4. The smallest absolute Gasteiger partial charge is 0.394 e. The number of carboxylic acids is 1. The first-order valence-electron chi connectivity index (χ1n) is 6.27. The molecule has 1 aromatic rings. The molecule has 122 valence electrons. The zero-order chi connectivity index (χ0) is 16.5. The van der Waals surface area contributed by atoms with Crippen molar-refractivity contribution in [1.29, 1.82) is 0 Å². The molecule has 0 bridgehead atoms. The first kappa shape index (κ1) is 16.1. The highest BCUT2D eigenvalue weighted by atomic mass is 19.4. The Morgan fingerprint density at radius 1 is 1.27 bits per heavy atom. The first-order chi connectivity index (χ1) is 10.3. The molecular weight excluding hydrogens is 307 g/mol. The molecule has 1 aliphatic rings. The Balaban J connectivity index is 2.32. The molecule has 0 spiro atoms. The van der Waals surface area contributed by atoms with Crippen molar-refractivity contribution < 1.29 is 32.5 Å². The Kier molecular flexibility index (Phi) is 4.29. The zero-order valence-electron chi connectivity index (χ0n) is 11.8. The van der Waals surface area contributed by atoms with Crippen LogP contribution in [0.25, 0.3) is 0 Å². The Morgan fingerprint density at radius 3 is 2.18 bits per heavy atom. The van der Waals surface area contributed by atoms with Crippen molar-refractivity contribution in [2.45, 2.75) is 6.18 Å².